The minimum Gasteiger partial charge on any atom is -0.466 e. The van der Waals surface area contributed by atoms with Gasteiger partial charge in [-0.2, -0.15) is 0 Å². The van der Waals surface area contributed by atoms with Crippen molar-refractivity contribution < 1.29 is 19.1 Å². The average molecular weight is 341 g/mol. The van der Waals surface area contributed by atoms with Crippen LogP contribution in [-0.4, -0.2) is 37.1 Å². The number of carbonyl (C=O) groups excluding carboxylic acids is 2. The second-order valence-corrected chi connectivity index (χ2v) is 7.19. The molecule has 0 radical (unpaired) electrons. The molecule has 0 aliphatic carbocycles. The van der Waals surface area contributed by atoms with E-state index in [-0.39, 0.29) is 41.5 Å². The van der Waals surface area contributed by atoms with E-state index in [1.54, 1.807) is 6.92 Å². The molecular formula is C19H35NO4. The lowest BCUT2D eigenvalue weighted by Crippen LogP contribution is -2.44. The van der Waals surface area contributed by atoms with Gasteiger partial charge < -0.3 is 15.2 Å². The van der Waals surface area contributed by atoms with Gasteiger partial charge in [-0.15, -0.1) is 0 Å². The van der Waals surface area contributed by atoms with Crippen molar-refractivity contribution in [3.8, 4) is 0 Å². The molecule has 1 heterocycles. The predicted octanol–water partition coefficient (Wildman–Crippen LogP) is 2.95. The minimum atomic E-state index is -0.474. The topological polar surface area (TPSA) is 78.6 Å². The van der Waals surface area contributed by atoms with E-state index in [1.165, 1.54) is 0 Å². The molecule has 1 fully saturated rings. The lowest BCUT2D eigenvalue weighted by molar-refractivity contribution is -0.152. The number of rotatable bonds is 10. The van der Waals surface area contributed by atoms with E-state index < -0.39 is 6.04 Å². The van der Waals surface area contributed by atoms with Gasteiger partial charge >= 0.3 is 5.97 Å². The first-order chi connectivity index (χ1) is 11.3. The fourth-order valence-electron chi connectivity index (χ4n) is 3.33. The molecular weight excluding hydrogens is 306 g/mol. The largest absolute Gasteiger partial charge is 0.466 e. The molecule has 2 N–H and O–H groups in total. The summed E-state index contributed by atoms with van der Waals surface area (Å²) < 4.78 is 10.9. The molecule has 0 bridgehead atoms. The van der Waals surface area contributed by atoms with Crippen LogP contribution in [0.5, 0.6) is 0 Å². The van der Waals surface area contributed by atoms with Gasteiger partial charge in [-0.05, 0) is 38.0 Å². The van der Waals surface area contributed by atoms with Crippen LogP contribution >= 0.6 is 0 Å². The Labute approximate surface area is 146 Å². The molecule has 0 aromatic rings. The van der Waals surface area contributed by atoms with Gasteiger partial charge in [-0.3, -0.25) is 9.59 Å². The van der Waals surface area contributed by atoms with Crippen LogP contribution in [0.25, 0.3) is 0 Å². The molecule has 5 heteroatoms. The highest BCUT2D eigenvalue weighted by molar-refractivity contribution is 5.87. The third kappa shape index (κ3) is 5.55. The molecule has 5 nitrogen and oxygen atoms in total. The zero-order valence-electron chi connectivity index (χ0n) is 15.9. The molecule has 1 saturated heterocycles. The van der Waals surface area contributed by atoms with Gasteiger partial charge in [0.1, 0.15) is 0 Å². The SMILES string of the molecule is CCOC(=O)C(CC1CCCO1)C(C)C(C)C(=O)C(N)C(C)CC. The summed E-state index contributed by atoms with van der Waals surface area (Å²) in [7, 11) is 0. The van der Waals surface area contributed by atoms with Crippen LogP contribution in [0.3, 0.4) is 0 Å². The van der Waals surface area contributed by atoms with Crippen molar-refractivity contribution in [2.45, 2.75) is 72.4 Å². The van der Waals surface area contributed by atoms with Crippen molar-refractivity contribution >= 4 is 11.8 Å². The number of hydrogen-bond acceptors (Lipinski definition) is 5. The Morgan fingerprint density at radius 3 is 2.42 bits per heavy atom. The van der Waals surface area contributed by atoms with Crippen LogP contribution in [0.2, 0.25) is 0 Å². The number of ketones is 1. The number of hydrogen-bond donors (Lipinski definition) is 1. The Morgan fingerprint density at radius 2 is 1.92 bits per heavy atom. The number of Topliss-reactive ketones (excluding diaryl/α,β-unsaturated/α-hetero) is 1. The van der Waals surface area contributed by atoms with Crippen molar-refractivity contribution in [3.05, 3.63) is 0 Å². The first-order valence-electron chi connectivity index (χ1n) is 9.40. The van der Waals surface area contributed by atoms with Gasteiger partial charge in [0.05, 0.1) is 24.7 Å². The molecule has 1 aliphatic heterocycles. The quantitative estimate of drug-likeness (QED) is 0.618. The maximum atomic E-state index is 12.7. The third-order valence-corrected chi connectivity index (χ3v) is 5.59. The highest BCUT2D eigenvalue weighted by atomic mass is 16.5. The van der Waals surface area contributed by atoms with Crippen LogP contribution in [0.1, 0.15) is 60.3 Å². The van der Waals surface area contributed by atoms with Gasteiger partial charge in [-0.1, -0.05) is 34.1 Å². The summed E-state index contributed by atoms with van der Waals surface area (Å²) in [5.41, 5.74) is 6.12. The van der Waals surface area contributed by atoms with E-state index in [0.717, 1.165) is 25.9 Å². The zero-order chi connectivity index (χ0) is 18.3. The first-order valence-corrected chi connectivity index (χ1v) is 9.40. The van der Waals surface area contributed by atoms with E-state index in [1.807, 2.05) is 27.7 Å². The number of ether oxygens (including phenoxy) is 2. The van der Waals surface area contributed by atoms with E-state index >= 15 is 0 Å². The van der Waals surface area contributed by atoms with Gasteiger partial charge in [0.25, 0.3) is 0 Å². The molecule has 0 saturated carbocycles. The van der Waals surface area contributed by atoms with Crippen LogP contribution in [0.4, 0.5) is 0 Å². The monoisotopic (exact) mass is 341 g/mol. The Hall–Kier alpha value is -0.940. The fraction of sp³-hybridized carbons (Fsp3) is 0.895. The zero-order valence-corrected chi connectivity index (χ0v) is 15.9. The Balaban J connectivity index is 2.82. The summed E-state index contributed by atoms with van der Waals surface area (Å²) in [4.78, 5) is 25.1. The summed E-state index contributed by atoms with van der Waals surface area (Å²) in [5.74, 6) is -0.751. The molecule has 0 aromatic heterocycles. The fourth-order valence-corrected chi connectivity index (χ4v) is 3.33. The number of nitrogens with two attached hydrogens (primary N) is 1. The molecule has 24 heavy (non-hydrogen) atoms. The van der Waals surface area contributed by atoms with Crippen molar-refractivity contribution in [1.82, 2.24) is 0 Å². The second kappa shape index (κ2) is 10.1. The van der Waals surface area contributed by atoms with Gasteiger partial charge in [0.2, 0.25) is 0 Å². The normalized spacial score (nSPS) is 24.0. The number of esters is 1. The van der Waals surface area contributed by atoms with Crippen molar-refractivity contribution in [2.75, 3.05) is 13.2 Å². The summed E-state index contributed by atoms with van der Waals surface area (Å²) in [6, 6.07) is -0.474. The molecule has 140 valence electrons. The van der Waals surface area contributed by atoms with Crippen LogP contribution in [0.15, 0.2) is 0 Å². The summed E-state index contributed by atoms with van der Waals surface area (Å²) >= 11 is 0. The van der Waals surface area contributed by atoms with Gasteiger partial charge in [-0.25, -0.2) is 0 Å². The third-order valence-electron chi connectivity index (χ3n) is 5.59. The van der Waals surface area contributed by atoms with Crippen LogP contribution < -0.4 is 5.73 Å². The maximum Gasteiger partial charge on any atom is 0.309 e. The van der Waals surface area contributed by atoms with E-state index in [4.69, 9.17) is 15.2 Å². The summed E-state index contributed by atoms with van der Waals surface area (Å²) in [6.07, 6.45) is 3.58. The standard InChI is InChI=1S/C19H35NO4/c1-6-12(3)17(20)18(21)14(5)13(4)16(19(22)23-7-2)11-15-9-8-10-24-15/h12-17H,6-11,20H2,1-5H3. The highest BCUT2D eigenvalue weighted by Crippen LogP contribution is 2.31. The van der Waals surface area contributed by atoms with Crippen LogP contribution in [-0.2, 0) is 19.1 Å². The van der Waals surface area contributed by atoms with Crippen LogP contribution in [0, 0.1) is 23.7 Å². The Morgan fingerprint density at radius 1 is 1.25 bits per heavy atom. The van der Waals surface area contributed by atoms with Gasteiger partial charge in [0, 0.05) is 12.5 Å². The van der Waals surface area contributed by atoms with E-state index in [9.17, 15) is 9.59 Å². The lowest BCUT2D eigenvalue weighted by Gasteiger charge is -2.30. The molecule has 0 aromatic carbocycles. The molecule has 1 rings (SSSR count). The highest BCUT2D eigenvalue weighted by Gasteiger charge is 2.37. The van der Waals surface area contributed by atoms with Crippen molar-refractivity contribution in [2.24, 2.45) is 29.4 Å². The van der Waals surface area contributed by atoms with Crippen molar-refractivity contribution in [3.63, 3.8) is 0 Å². The maximum absolute atomic E-state index is 12.7. The molecule has 6 atom stereocenters. The second-order valence-electron chi connectivity index (χ2n) is 7.19. The summed E-state index contributed by atoms with van der Waals surface area (Å²) in [6.45, 7) is 10.8. The molecule has 0 amide bonds. The smallest absolute Gasteiger partial charge is 0.309 e. The van der Waals surface area contributed by atoms with E-state index in [0.29, 0.717) is 13.0 Å². The Kier molecular flexibility index (Phi) is 8.92. The number of carbonyl (C=O) groups is 2. The average Bonchev–Trinajstić information content (AvgIpc) is 3.09. The molecule has 1 aliphatic rings. The Bertz CT molecular complexity index is 406. The van der Waals surface area contributed by atoms with Gasteiger partial charge in [0.15, 0.2) is 5.78 Å². The first kappa shape index (κ1) is 21.1. The molecule has 0 spiro atoms. The predicted molar refractivity (Wildman–Crippen MR) is 94.5 cm³/mol. The lowest BCUT2D eigenvalue weighted by atomic mass is 9.76. The van der Waals surface area contributed by atoms with E-state index in [2.05, 4.69) is 0 Å². The van der Waals surface area contributed by atoms with Crippen molar-refractivity contribution in [1.29, 1.82) is 0 Å². The summed E-state index contributed by atoms with van der Waals surface area (Å²) in [5, 5.41) is 0. The minimum absolute atomic E-state index is 0.0403. The molecule has 6 unspecified atom stereocenters.